The van der Waals surface area contributed by atoms with Gasteiger partial charge in [-0.15, -0.1) is 12.4 Å². The molecule has 1 atom stereocenters. The molecule has 0 aliphatic carbocycles. The van der Waals surface area contributed by atoms with Crippen molar-refractivity contribution in [2.75, 3.05) is 20.8 Å². The minimum Gasteiger partial charge on any atom is -0.497 e. The molecule has 108 valence electrons. The van der Waals surface area contributed by atoms with Crippen molar-refractivity contribution in [1.29, 1.82) is 0 Å². The van der Waals surface area contributed by atoms with Crippen LogP contribution in [0.1, 0.15) is 24.9 Å². The summed E-state index contributed by atoms with van der Waals surface area (Å²) in [5.74, 6) is 1.37. The Morgan fingerprint density at radius 2 is 2.05 bits per heavy atom. The quantitative estimate of drug-likeness (QED) is 0.835. The van der Waals surface area contributed by atoms with Gasteiger partial charge in [0, 0.05) is 18.5 Å². The van der Waals surface area contributed by atoms with Crippen LogP contribution in [0.25, 0.3) is 0 Å². The van der Waals surface area contributed by atoms with Gasteiger partial charge in [0.2, 0.25) is 5.91 Å². The van der Waals surface area contributed by atoms with Gasteiger partial charge in [0.25, 0.3) is 0 Å². The van der Waals surface area contributed by atoms with Crippen molar-refractivity contribution in [2.45, 2.75) is 19.4 Å². The third-order valence-electron chi connectivity index (χ3n) is 2.65. The van der Waals surface area contributed by atoms with Gasteiger partial charge in [-0.3, -0.25) is 4.79 Å². The van der Waals surface area contributed by atoms with Gasteiger partial charge in [-0.2, -0.15) is 0 Å². The molecule has 0 heterocycles. The molecule has 0 bridgehead atoms. The van der Waals surface area contributed by atoms with E-state index in [1.54, 1.807) is 14.2 Å². The Labute approximate surface area is 119 Å². The normalized spacial score (nSPS) is 11.2. The molecule has 6 heteroatoms. The Hall–Kier alpha value is -1.46. The number of carbonyl (C=O) groups excluding carboxylic acids is 1. The topological polar surface area (TPSA) is 73.6 Å². The van der Waals surface area contributed by atoms with Gasteiger partial charge in [-0.25, -0.2) is 0 Å². The van der Waals surface area contributed by atoms with Crippen LogP contribution in [0.5, 0.6) is 11.5 Å². The van der Waals surface area contributed by atoms with E-state index in [4.69, 9.17) is 15.2 Å². The van der Waals surface area contributed by atoms with Crippen LogP contribution >= 0.6 is 12.4 Å². The van der Waals surface area contributed by atoms with Crippen molar-refractivity contribution >= 4 is 18.3 Å². The Morgan fingerprint density at radius 3 is 2.58 bits per heavy atom. The molecule has 1 aromatic rings. The number of amides is 1. The van der Waals surface area contributed by atoms with E-state index in [-0.39, 0.29) is 24.4 Å². The fourth-order valence-electron chi connectivity index (χ4n) is 1.70. The molecule has 3 N–H and O–H groups in total. The monoisotopic (exact) mass is 288 g/mol. The predicted molar refractivity (Wildman–Crippen MR) is 77.0 cm³/mol. The van der Waals surface area contributed by atoms with Crippen molar-refractivity contribution in [1.82, 2.24) is 5.32 Å². The standard InChI is InChI=1S/C13H20N2O3.ClH/c1-9(15-13(16)6-7-14)11-8-10(17-2)4-5-12(11)18-3;/h4-5,8-9H,6-7,14H2,1-3H3,(H,15,16);1H. The fraction of sp³-hybridized carbons (Fsp3) is 0.462. The Morgan fingerprint density at radius 1 is 1.37 bits per heavy atom. The van der Waals surface area contributed by atoms with Gasteiger partial charge in [0.05, 0.1) is 20.3 Å². The van der Waals surface area contributed by atoms with Crippen LogP contribution in [0.15, 0.2) is 18.2 Å². The van der Waals surface area contributed by atoms with Crippen molar-refractivity contribution in [2.24, 2.45) is 5.73 Å². The first-order chi connectivity index (χ1) is 8.62. The molecular formula is C13H21ClN2O3. The molecule has 0 spiro atoms. The van der Waals surface area contributed by atoms with E-state index in [0.717, 1.165) is 17.1 Å². The zero-order chi connectivity index (χ0) is 13.5. The second-order valence-corrected chi connectivity index (χ2v) is 3.94. The highest BCUT2D eigenvalue weighted by Crippen LogP contribution is 2.29. The summed E-state index contributed by atoms with van der Waals surface area (Å²) >= 11 is 0. The molecule has 0 radical (unpaired) electrons. The van der Waals surface area contributed by atoms with Crippen molar-refractivity contribution < 1.29 is 14.3 Å². The molecule has 0 aliphatic heterocycles. The second kappa shape index (κ2) is 8.61. The van der Waals surface area contributed by atoms with E-state index >= 15 is 0 Å². The summed E-state index contributed by atoms with van der Waals surface area (Å²) in [5, 5.41) is 2.87. The molecule has 0 saturated carbocycles. The van der Waals surface area contributed by atoms with Crippen LogP contribution in [-0.4, -0.2) is 26.7 Å². The van der Waals surface area contributed by atoms with Gasteiger partial charge in [-0.1, -0.05) is 0 Å². The number of carbonyl (C=O) groups is 1. The summed E-state index contributed by atoms with van der Waals surface area (Å²) in [6.45, 7) is 2.24. The van der Waals surface area contributed by atoms with Crippen LogP contribution in [0, 0.1) is 0 Å². The Balaban J connectivity index is 0.00000324. The maximum Gasteiger partial charge on any atom is 0.221 e. The summed E-state index contributed by atoms with van der Waals surface area (Å²) in [6, 6.07) is 5.33. The number of rotatable bonds is 6. The molecule has 0 aliphatic rings. The summed E-state index contributed by atoms with van der Waals surface area (Å²) in [5.41, 5.74) is 6.22. The minimum absolute atomic E-state index is 0. The number of nitrogens with two attached hydrogens (primary N) is 1. The zero-order valence-electron chi connectivity index (χ0n) is 11.4. The molecule has 1 unspecified atom stereocenters. The number of nitrogens with one attached hydrogen (secondary N) is 1. The number of halogens is 1. The number of hydrogen-bond donors (Lipinski definition) is 2. The number of benzene rings is 1. The highest BCUT2D eigenvalue weighted by atomic mass is 35.5. The Kier molecular flexibility index (Phi) is 7.95. The average Bonchev–Trinajstić information content (AvgIpc) is 2.38. The minimum atomic E-state index is -0.158. The summed E-state index contributed by atoms with van der Waals surface area (Å²) in [7, 11) is 3.20. The van der Waals surface area contributed by atoms with Crippen LogP contribution in [-0.2, 0) is 4.79 Å². The second-order valence-electron chi connectivity index (χ2n) is 3.94. The van der Waals surface area contributed by atoms with Gasteiger partial charge in [0.15, 0.2) is 0 Å². The van der Waals surface area contributed by atoms with Crippen LogP contribution < -0.4 is 20.5 Å². The number of ether oxygens (including phenoxy) is 2. The molecule has 0 aromatic heterocycles. The third-order valence-corrected chi connectivity index (χ3v) is 2.65. The molecule has 19 heavy (non-hydrogen) atoms. The van der Waals surface area contributed by atoms with E-state index in [9.17, 15) is 4.79 Å². The molecule has 1 amide bonds. The molecule has 5 nitrogen and oxygen atoms in total. The predicted octanol–water partition coefficient (Wildman–Crippen LogP) is 1.65. The molecule has 1 rings (SSSR count). The largest absolute Gasteiger partial charge is 0.497 e. The van der Waals surface area contributed by atoms with Crippen molar-refractivity contribution in [3.05, 3.63) is 23.8 Å². The summed E-state index contributed by atoms with van der Waals surface area (Å²) in [4.78, 5) is 11.5. The third kappa shape index (κ3) is 4.96. The molecule has 1 aromatic carbocycles. The van der Waals surface area contributed by atoms with Crippen LogP contribution in [0.4, 0.5) is 0 Å². The van der Waals surface area contributed by atoms with E-state index in [2.05, 4.69) is 5.32 Å². The highest BCUT2D eigenvalue weighted by molar-refractivity contribution is 5.85. The van der Waals surface area contributed by atoms with Crippen molar-refractivity contribution in [3.8, 4) is 11.5 Å². The van der Waals surface area contributed by atoms with E-state index in [0.29, 0.717) is 13.0 Å². The first-order valence-electron chi connectivity index (χ1n) is 5.83. The van der Waals surface area contributed by atoms with Gasteiger partial charge >= 0.3 is 0 Å². The van der Waals surface area contributed by atoms with Crippen LogP contribution in [0.3, 0.4) is 0 Å². The van der Waals surface area contributed by atoms with Gasteiger partial charge in [0.1, 0.15) is 11.5 Å². The SMILES string of the molecule is COc1ccc(OC)c(C(C)NC(=O)CCN)c1.Cl. The van der Waals surface area contributed by atoms with Crippen LogP contribution in [0.2, 0.25) is 0 Å². The maximum absolute atomic E-state index is 11.5. The lowest BCUT2D eigenvalue weighted by Crippen LogP contribution is -2.28. The molecule has 0 saturated heterocycles. The zero-order valence-corrected chi connectivity index (χ0v) is 12.3. The highest BCUT2D eigenvalue weighted by Gasteiger charge is 2.14. The first-order valence-corrected chi connectivity index (χ1v) is 5.83. The number of methoxy groups -OCH3 is 2. The average molecular weight is 289 g/mol. The van der Waals surface area contributed by atoms with Gasteiger partial charge < -0.3 is 20.5 Å². The summed E-state index contributed by atoms with van der Waals surface area (Å²) < 4.78 is 10.4. The Bertz CT molecular complexity index is 413. The molecule has 0 fully saturated rings. The molecular weight excluding hydrogens is 268 g/mol. The van der Waals surface area contributed by atoms with Crippen molar-refractivity contribution in [3.63, 3.8) is 0 Å². The van der Waals surface area contributed by atoms with E-state index in [1.807, 2.05) is 25.1 Å². The fourth-order valence-corrected chi connectivity index (χ4v) is 1.70. The first kappa shape index (κ1) is 17.5. The lowest BCUT2D eigenvalue weighted by atomic mass is 10.1. The van der Waals surface area contributed by atoms with E-state index < -0.39 is 0 Å². The number of hydrogen-bond acceptors (Lipinski definition) is 4. The van der Waals surface area contributed by atoms with E-state index in [1.165, 1.54) is 0 Å². The smallest absolute Gasteiger partial charge is 0.221 e. The van der Waals surface area contributed by atoms with Gasteiger partial charge in [-0.05, 0) is 25.1 Å². The summed E-state index contributed by atoms with van der Waals surface area (Å²) in [6.07, 6.45) is 0.316. The maximum atomic E-state index is 11.5. The lowest BCUT2D eigenvalue weighted by molar-refractivity contribution is -0.121. The lowest BCUT2D eigenvalue weighted by Gasteiger charge is -2.18.